The Hall–Kier alpha value is -2.94. The van der Waals surface area contributed by atoms with Crippen molar-refractivity contribution in [1.82, 2.24) is 9.21 Å². The highest BCUT2D eigenvalue weighted by Gasteiger charge is 2.34. The summed E-state index contributed by atoms with van der Waals surface area (Å²) in [6, 6.07) is 10.4. The van der Waals surface area contributed by atoms with Gasteiger partial charge >= 0.3 is 6.09 Å². The van der Waals surface area contributed by atoms with Crippen molar-refractivity contribution >= 4 is 38.4 Å². The van der Waals surface area contributed by atoms with Crippen LogP contribution >= 0.6 is 11.3 Å². The van der Waals surface area contributed by atoms with Crippen LogP contribution in [0.25, 0.3) is 0 Å². The molecule has 2 aliphatic rings. The molecule has 9 nitrogen and oxygen atoms in total. The van der Waals surface area contributed by atoms with Crippen LogP contribution in [0.1, 0.15) is 35.8 Å². The number of carbonyl (C=O) groups excluding carboxylic acids is 2. The van der Waals surface area contributed by atoms with Crippen LogP contribution in [0.4, 0.5) is 9.80 Å². The van der Waals surface area contributed by atoms with Gasteiger partial charge in [0.15, 0.2) is 0 Å². The lowest BCUT2D eigenvalue weighted by atomic mass is 9.98. The third kappa shape index (κ3) is 4.80. The van der Waals surface area contributed by atoms with Gasteiger partial charge in [-0.25, -0.2) is 13.2 Å². The molecule has 2 amide bonds. The normalized spacial score (nSPS) is 18.6. The number of fused-ring (bicyclic) bond motifs is 1. The van der Waals surface area contributed by atoms with Crippen molar-refractivity contribution in [3.63, 3.8) is 0 Å². The van der Waals surface area contributed by atoms with Gasteiger partial charge in [0.1, 0.15) is 11.1 Å². The van der Waals surface area contributed by atoms with Crippen LogP contribution in [0, 0.1) is 17.2 Å². The van der Waals surface area contributed by atoms with Crippen molar-refractivity contribution in [2.24, 2.45) is 5.92 Å². The van der Waals surface area contributed by atoms with Crippen molar-refractivity contribution in [2.45, 2.75) is 37.6 Å². The van der Waals surface area contributed by atoms with Gasteiger partial charge in [-0.2, -0.15) is 9.57 Å². The molecule has 1 aromatic heterocycles. The molecule has 0 spiro atoms. The third-order valence-electron chi connectivity index (χ3n) is 6.07. The second-order valence-corrected chi connectivity index (χ2v) is 11.2. The standard InChI is InChI=1S/C23H26N4O5S2/c1-2-32-23(29)26-12-10-18-19(13-24)22(33-20(18)15-26)25-21(28)16-7-6-11-27(14-16)34(30,31)17-8-4-3-5-9-17/h3-5,8-9,16H,2,6-7,10-12,14-15H2,1H3,(H,25,28). The number of amides is 2. The first-order valence-corrected chi connectivity index (χ1v) is 13.4. The summed E-state index contributed by atoms with van der Waals surface area (Å²) in [5.41, 5.74) is 1.27. The first kappa shape index (κ1) is 24.2. The number of piperidine rings is 1. The summed E-state index contributed by atoms with van der Waals surface area (Å²) in [7, 11) is -3.68. The van der Waals surface area contributed by atoms with Gasteiger partial charge in [0.2, 0.25) is 15.9 Å². The number of anilines is 1. The van der Waals surface area contributed by atoms with Gasteiger partial charge in [0.25, 0.3) is 0 Å². The molecule has 1 unspecified atom stereocenters. The average molecular weight is 503 g/mol. The monoisotopic (exact) mass is 502 g/mol. The van der Waals surface area contributed by atoms with Crippen LogP contribution in [0.5, 0.6) is 0 Å². The number of sulfonamides is 1. The van der Waals surface area contributed by atoms with E-state index in [-0.39, 0.29) is 24.0 Å². The van der Waals surface area contributed by atoms with Gasteiger partial charge in [0.05, 0.1) is 29.5 Å². The Kier molecular flexibility index (Phi) is 7.21. The molecule has 11 heteroatoms. The zero-order valence-electron chi connectivity index (χ0n) is 18.8. The molecule has 2 aromatic rings. The first-order valence-electron chi connectivity index (χ1n) is 11.2. The van der Waals surface area contributed by atoms with Crippen molar-refractivity contribution in [2.75, 3.05) is 31.6 Å². The van der Waals surface area contributed by atoms with E-state index in [0.717, 1.165) is 10.4 Å². The fraction of sp³-hybridized carbons (Fsp3) is 0.435. The number of thiophene rings is 1. The summed E-state index contributed by atoms with van der Waals surface area (Å²) in [5.74, 6) is -0.820. The van der Waals surface area contributed by atoms with Gasteiger partial charge in [-0.3, -0.25) is 4.79 Å². The molecule has 2 aliphatic heterocycles. The molecule has 0 bridgehead atoms. The van der Waals surface area contributed by atoms with E-state index in [0.29, 0.717) is 49.5 Å². The maximum absolute atomic E-state index is 13.1. The van der Waals surface area contributed by atoms with E-state index in [1.54, 1.807) is 42.2 Å². The van der Waals surface area contributed by atoms with E-state index in [2.05, 4.69) is 11.4 Å². The van der Waals surface area contributed by atoms with Crippen molar-refractivity contribution in [1.29, 1.82) is 5.26 Å². The number of nitrogens with one attached hydrogen (secondary N) is 1. The van der Waals surface area contributed by atoms with E-state index >= 15 is 0 Å². The van der Waals surface area contributed by atoms with Crippen LogP contribution in [0.15, 0.2) is 35.2 Å². The highest BCUT2D eigenvalue weighted by Crippen LogP contribution is 2.37. The Bertz CT molecular complexity index is 1220. The number of ether oxygens (including phenoxy) is 1. The molecule has 0 radical (unpaired) electrons. The molecule has 1 atom stereocenters. The second-order valence-electron chi connectivity index (χ2n) is 8.19. The Balaban J connectivity index is 1.48. The van der Waals surface area contributed by atoms with Gasteiger partial charge in [-0.05, 0) is 43.9 Å². The minimum absolute atomic E-state index is 0.0900. The van der Waals surface area contributed by atoms with Crippen LogP contribution in [0.3, 0.4) is 0 Å². The summed E-state index contributed by atoms with van der Waals surface area (Å²) in [5, 5.41) is 13.1. The largest absolute Gasteiger partial charge is 0.450 e. The fourth-order valence-electron chi connectivity index (χ4n) is 4.31. The summed E-state index contributed by atoms with van der Waals surface area (Å²) < 4.78 is 32.4. The predicted molar refractivity (Wildman–Crippen MR) is 127 cm³/mol. The molecule has 0 saturated carbocycles. The molecular weight excluding hydrogens is 476 g/mol. The average Bonchev–Trinajstić information content (AvgIpc) is 3.20. The summed E-state index contributed by atoms with van der Waals surface area (Å²) in [6.45, 7) is 3.26. The molecule has 180 valence electrons. The lowest BCUT2D eigenvalue weighted by Crippen LogP contribution is -2.43. The number of nitrogens with zero attached hydrogens (tertiary/aromatic N) is 3. The van der Waals surface area contributed by atoms with E-state index in [1.165, 1.54) is 15.6 Å². The molecule has 1 aromatic carbocycles. The van der Waals surface area contributed by atoms with Crippen molar-refractivity contribution in [3.8, 4) is 6.07 Å². The number of carbonyl (C=O) groups is 2. The zero-order chi connectivity index (χ0) is 24.3. The topological polar surface area (TPSA) is 120 Å². The minimum Gasteiger partial charge on any atom is -0.450 e. The summed E-state index contributed by atoms with van der Waals surface area (Å²) in [6.07, 6.45) is 1.25. The fourth-order valence-corrected chi connectivity index (χ4v) is 7.07. The summed E-state index contributed by atoms with van der Waals surface area (Å²) in [4.78, 5) is 27.8. The quantitative estimate of drug-likeness (QED) is 0.671. The van der Waals surface area contributed by atoms with Crippen LogP contribution in [-0.2, 0) is 32.5 Å². The van der Waals surface area contributed by atoms with Crippen LogP contribution in [0.2, 0.25) is 0 Å². The Morgan fingerprint density at radius 1 is 1.26 bits per heavy atom. The molecule has 3 heterocycles. The minimum atomic E-state index is -3.68. The van der Waals surface area contributed by atoms with E-state index in [4.69, 9.17) is 4.74 Å². The smallest absolute Gasteiger partial charge is 0.410 e. The van der Waals surface area contributed by atoms with Crippen molar-refractivity contribution < 1.29 is 22.7 Å². The molecule has 1 fully saturated rings. The first-order chi connectivity index (χ1) is 16.3. The van der Waals surface area contributed by atoms with Gasteiger partial charge in [0, 0.05) is 24.5 Å². The molecule has 34 heavy (non-hydrogen) atoms. The Labute approximate surface area is 203 Å². The lowest BCUT2D eigenvalue weighted by Gasteiger charge is -2.31. The van der Waals surface area contributed by atoms with E-state index in [1.807, 2.05) is 0 Å². The Morgan fingerprint density at radius 2 is 2.03 bits per heavy atom. The second kappa shape index (κ2) is 10.1. The number of hydrogen-bond acceptors (Lipinski definition) is 7. The van der Waals surface area contributed by atoms with Gasteiger partial charge < -0.3 is 15.0 Å². The lowest BCUT2D eigenvalue weighted by molar-refractivity contribution is -0.120. The van der Waals surface area contributed by atoms with Gasteiger partial charge in [-0.15, -0.1) is 11.3 Å². The van der Waals surface area contributed by atoms with Crippen LogP contribution in [-0.4, -0.2) is 55.9 Å². The molecule has 1 N–H and O–H groups in total. The highest BCUT2D eigenvalue weighted by atomic mass is 32.2. The zero-order valence-corrected chi connectivity index (χ0v) is 20.5. The number of nitriles is 1. The van der Waals surface area contributed by atoms with Crippen LogP contribution < -0.4 is 5.32 Å². The number of benzene rings is 1. The van der Waals surface area contributed by atoms with Crippen molar-refractivity contribution in [3.05, 3.63) is 46.3 Å². The molecule has 0 aliphatic carbocycles. The summed E-state index contributed by atoms with van der Waals surface area (Å²) >= 11 is 1.29. The number of hydrogen-bond donors (Lipinski definition) is 1. The molecule has 1 saturated heterocycles. The maximum Gasteiger partial charge on any atom is 0.410 e. The number of rotatable bonds is 5. The van der Waals surface area contributed by atoms with E-state index in [9.17, 15) is 23.3 Å². The maximum atomic E-state index is 13.1. The highest BCUT2D eigenvalue weighted by molar-refractivity contribution is 7.89. The molecular formula is C23H26N4O5S2. The van der Waals surface area contributed by atoms with E-state index < -0.39 is 22.0 Å². The Morgan fingerprint density at radius 3 is 2.74 bits per heavy atom. The van der Waals surface area contributed by atoms with Gasteiger partial charge in [-0.1, -0.05) is 18.2 Å². The third-order valence-corrected chi connectivity index (χ3v) is 9.08. The predicted octanol–water partition coefficient (Wildman–Crippen LogP) is 3.17. The molecule has 4 rings (SSSR count). The SMILES string of the molecule is CCOC(=O)N1CCc2c(sc(NC(=O)C3CCCN(S(=O)(=O)c4ccccc4)C3)c2C#N)C1.